The zero-order valence-corrected chi connectivity index (χ0v) is 10.5. The third kappa shape index (κ3) is 2.55. The first-order chi connectivity index (χ1) is 9.35. The van der Waals surface area contributed by atoms with Crippen molar-refractivity contribution >= 4 is 0 Å². The smallest absolute Gasteiger partial charge is 0.323 e. The summed E-state index contributed by atoms with van der Waals surface area (Å²) in [5, 5.41) is 8.79. The van der Waals surface area contributed by atoms with Crippen LogP contribution in [0.5, 0.6) is 11.8 Å². The summed E-state index contributed by atoms with van der Waals surface area (Å²) >= 11 is 0. The van der Waals surface area contributed by atoms with Crippen molar-refractivity contribution in [1.29, 1.82) is 5.26 Å². The standard InChI is InChI=1S/C15H13N3O/c16-10-13-7-8-17-15(18-13)19-14-6-5-11-3-1-2-4-12(11)9-14/h5-9H,1-4H2. The van der Waals surface area contributed by atoms with Crippen molar-refractivity contribution in [3.8, 4) is 17.8 Å². The van der Waals surface area contributed by atoms with Crippen LogP contribution >= 0.6 is 0 Å². The van der Waals surface area contributed by atoms with E-state index >= 15 is 0 Å². The quantitative estimate of drug-likeness (QED) is 0.823. The number of hydrogen-bond acceptors (Lipinski definition) is 4. The molecule has 0 atom stereocenters. The fourth-order valence-corrected chi connectivity index (χ4v) is 2.33. The second-order valence-corrected chi connectivity index (χ2v) is 4.58. The Morgan fingerprint density at radius 1 is 1.11 bits per heavy atom. The molecule has 4 heteroatoms. The third-order valence-electron chi connectivity index (χ3n) is 3.28. The lowest BCUT2D eigenvalue weighted by Crippen LogP contribution is -2.02. The van der Waals surface area contributed by atoms with Crippen molar-refractivity contribution in [2.75, 3.05) is 0 Å². The van der Waals surface area contributed by atoms with Gasteiger partial charge in [-0.1, -0.05) is 6.07 Å². The molecule has 0 fully saturated rings. The Morgan fingerprint density at radius 3 is 2.79 bits per heavy atom. The van der Waals surface area contributed by atoms with Crippen molar-refractivity contribution in [3.63, 3.8) is 0 Å². The summed E-state index contributed by atoms with van der Waals surface area (Å²) < 4.78 is 5.61. The third-order valence-corrected chi connectivity index (χ3v) is 3.28. The van der Waals surface area contributed by atoms with E-state index in [1.165, 1.54) is 30.2 Å². The highest BCUT2D eigenvalue weighted by molar-refractivity contribution is 5.38. The molecule has 94 valence electrons. The minimum absolute atomic E-state index is 0.217. The monoisotopic (exact) mass is 251 g/mol. The Bertz CT molecular complexity index is 646. The molecule has 3 rings (SSSR count). The maximum atomic E-state index is 8.79. The van der Waals surface area contributed by atoms with Crippen LogP contribution < -0.4 is 4.74 Å². The van der Waals surface area contributed by atoms with Crippen LogP contribution in [0.1, 0.15) is 29.7 Å². The van der Waals surface area contributed by atoms with Gasteiger partial charge in [-0.15, -0.1) is 0 Å². The van der Waals surface area contributed by atoms with Gasteiger partial charge in [0.25, 0.3) is 0 Å². The zero-order valence-electron chi connectivity index (χ0n) is 10.5. The van der Waals surface area contributed by atoms with E-state index in [0.717, 1.165) is 18.6 Å². The molecule has 1 aliphatic rings. The summed E-state index contributed by atoms with van der Waals surface area (Å²) in [5.74, 6) is 0.732. The predicted octanol–water partition coefficient (Wildman–Crippen LogP) is 3.02. The molecule has 0 spiro atoms. The number of rotatable bonds is 2. The molecule has 19 heavy (non-hydrogen) atoms. The molecule has 2 aromatic rings. The van der Waals surface area contributed by atoms with Gasteiger partial charge in [-0.05, 0) is 55.0 Å². The molecule has 0 bridgehead atoms. The molecule has 1 heterocycles. The highest BCUT2D eigenvalue weighted by atomic mass is 16.5. The van der Waals surface area contributed by atoms with E-state index < -0.39 is 0 Å². The minimum Gasteiger partial charge on any atom is -0.424 e. The predicted molar refractivity (Wildman–Crippen MR) is 69.9 cm³/mol. The van der Waals surface area contributed by atoms with Crippen molar-refractivity contribution in [2.24, 2.45) is 0 Å². The van der Waals surface area contributed by atoms with Crippen LogP contribution in [0.3, 0.4) is 0 Å². The molecular weight excluding hydrogens is 238 g/mol. The molecule has 0 radical (unpaired) electrons. The van der Waals surface area contributed by atoms with Gasteiger partial charge in [0.2, 0.25) is 0 Å². The van der Waals surface area contributed by atoms with E-state index in [1.807, 2.05) is 12.1 Å². The SMILES string of the molecule is N#Cc1ccnc(Oc2ccc3c(c2)CCCC3)n1. The lowest BCUT2D eigenvalue weighted by Gasteiger charge is -2.16. The van der Waals surface area contributed by atoms with Gasteiger partial charge < -0.3 is 4.74 Å². The van der Waals surface area contributed by atoms with Crippen molar-refractivity contribution in [2.45, 2.75) is 25.7 Å². The Morgan fingerprint density at radius 2 is 1.95 bits per heavy atom. The molecule has 0 aliphatic heterocycles. The number of nitriles is 1. The van der Waals surface area contributed by atoms with E-state index in [0.29, 0.717) is 5.69 Å². The van der Waals surface area contributed by atoms with Crippen LogP contribution in [0, 0.1) is 11.3 Å². The molecule has 1 aliphatic carbocycles. The summed E-state index contributed by atoms with van der Waals surface area (Å²) in [7, 11) is 0. The Kier molecular flexibility index (Phi) is 3.11. The number of fused-ring (bicyclic) bond motifs is 1. The summed E-state index contributed by atoms with van der Waals surface area (Å²) in [6, 6.07) is 9.84. The normalized spacial score (nSPS) is 13.4. The topological polar surface area (TPSA) is 58.8 Å². The van der Waals surface area contributed by atoms with Gasteiger partial charge in [0.15, 0.2) is 0 Å². The van der Waals surface area contributed by atoms with Gasteiger partial charge in [-0.25, -0.2) is 4.98 Å². The van der Waals surface area contributed by atoms with Crippen LogP contribution in [0.4, 0.5) is 0 Å². The first kappa shape index (κ1) is 11.7. The van der Waals surface area contributed by atoms with Crippen LogP contribution in [0.2, 0.25) is 0 Å². The summed E-state index contributed by atoms with van der Waals surface area (Å²) in [6.07, 6.45) is 6.28. The number of hydrogen-bond donors (Lipinski definition) is 0. The molecule has 0 amide bonds. The van der Waals surface area contributed by atoms with Crippen LogP contribution in [-0.2, 0) is 12.8 Å². The Labute approximate surface area is 111 Å². The molecule has 1 aromatic heterocycles. The fraction of sp³-hybridized carbons (Fsp3) is 0.267. The zero-order chi connectivity index (χ0) is 13.1. The number of benzene rings is 1. The second kappa shape index (κ2) is 5.07. The van der Waals surface area contributed by atoms with Crippen molar-refractivity contribution in [1.82, 2.24) is 9.97 Å². The van der Waals surface area contributed by atoms with E-state index in [2.05, 4.69) is 22.1 Å². The van der Waals surface area contributed by atoms with Gasteiger partial charge in [-0.3, -0.25) is 0 Å². The van der Waals surface area contributed by atoms with Gasteiger partial charge in [0.1, 0.15) is 17.5 Å². The molecule has 0 N–H and O–H groups in total. The second-order valence-electron chi connectivity index (χ2n) is 4.58. The largest absolute Gasteiger partial charge is 0.424 e. The Balaban J connectivity index is 1.85. The summed E-state index contributed by atoms with van der Waals surface area (Å²) in [5.41, 5.74) is 3.06. The van der Waals surface area contributed by atoms with E-state index in [-0.39, 0.29) is 6.01 Å². The average Bonchev–Trinajstić information content (AvgIpc) is 2.47. The van der Waals surface area contributed by atoms with E-state index in [9.17, 15) is 0 Å². The fourth-order valence-electron chi connectivity index (χ4n) is 2.33. The molecule has 0 saturated heterocycles. The average molecular weight is 251 g/mol. The molecule has 0 saturated carbocycles. The molecule has 4 nitrogen and oxygen atoms in total. The van der Waals surface area contributed by atoms with Gasteiger partial charge in [-0.2, -0.15) is 10.2 Å². The van der Waals surface area contributed by atoms with Crippen LogP contribution in [-0.4, -0.2) is 9.97 Å². The van der Waals surface area contributed by atoms with E-state index in [1.54, 1.807) is 6.07 Å². The maximum absolute atomic E-state index is 8.79. The first-order valence-electron chi connectivity index (χ1n) is 6.38. The Hall–Kier alpha value is -2.41. The first-order valence-corrected chi connectivity index (χ1v) is 6.38. The van der Waals surface area contributed by atoms with E-state index in [4.69, 9.17) is 10.00 Å². The van der Waals surface area contributed by atoms with Gasteiger partial charge in [0, 0.05) is 6.20 Å². The van der Waals surface area contributed by atoms with Gasteiger partial charge >= 0.3 is 6.01 Å². The van der Waals surface area contributed by atoms with Crippen LogP contribution in [0.25, 0.3) is 0 Å². The minimum atomic E-state index is 0.217. The van der Waals surface area contributed by atoms with Crippen molar-refractivity contribution < 1.29 is 4.74 Å². The van der Waals surface area contributed by atoms with Crippen molar-refractivity contribution in [3.05, 3.63) is 47.3 Å². The summed E-state index contributed by atoms with van der Waals surface area (Å²) in [6.45, 7) is 0. The molecule has 1 aromatic carbocycles. The van der Waals surface area contributed by atoms with Crippen LogP contribution in [0.15, 0.2) is 30.5 Å². The lowest BCUT2D eigenvalue weighted by atomic mass is 9.92. The summed E-state index contributed by atoms with van der Waals surface area (Å²) in [4.78, 5) is 8.01. The highest BCUT2D eigenvalue weighted by Gasteiger charge is 2.10. The highest BCUT2D eigenvalue weighted by Crippen LogP contribution is 2.27. The number of ether oxygens (including phenoxy) is 1. The number of nitrogens with zero attached hydrogens (tertiary/aromatic N) is 3. The van der Waals surface area contributed by atoms with Gasteiger partial charge in [0.05, 0.1) is 0 Å². The molecule has 0 unspecified atom stereocenters. The number of aryl methyl sites for hydroxylation is 2. The lowest BCUT2D eigenvalue weighted by molar-refractivity contribution is 0.440. The maximum Gasteiger partial charge on any atom is 0.323 e. The number of aromatic nitrogens is 2. The molecular formula is C15H13N3O.